The first kappa shape index (κ1) is 21.5. The van der Waals surface area contributed by atoms with E-state index in [9.17, 15) is 0 Å². The number of ether oxygens (including phenoxy) is 2. The summed E-state index contributed by atoms with van der Waals surface area (Å²) < 4.78 is 26.0. The average Bonchev–Trinajstić information content (AvgIpc) is 3.00. The Bertz CT molecular complexity index is 2390. The fourth-order valence-electron chi connectivity index (χ4n) is 6.55. The quantitative estimate of drug-likeness (QED) is 0.138. The van der Waals surface area contributed by atoms with E-state index in [0.29, 0.717) is 0 Å². The van der Waals surface area contributed by atoms with Crippen molar-refractivity contribution in [3.8, 4) is 22.6 Å². The molecule has 2 aromatic heterocycles. The highest BCUT2D eigenvalue weighted by atomic mass is 31.1. The average molecular weight is 554 g/mol. The van der Waals surface area contributed by atoms with Crippen LogP contribution < -0.4 is 9.47 Å². The molecule has 0 spiro atoms. The van der Waals surface area contributed by atoms with Gasteiger partial charge in [-0.1, -0.05) is 51.5 Å². The van der Waals surface area contributed by atoms with E-state index in [4.69, 9.17) is 18.3 Å². The minimum absolute atomic E-state index is 0.801. The Balaban J connectivity index is 1.40. The highest BCUT2D eigenvalue weighted by molar-refractivity contribution is 7.71. The van der Waals surface area contributed by atoms with E-state index in [-0.39, 0.29) is 0 Å². The smallest absolute Gasteiger partial charge is 0.142 e. The third-order valence-electron chi connectivity index (χ3n) is 8.23. The van der Waals surface area contributed by atoms with Gasteiger partial charge in [0.1, 0.15) is 45.3 Å². The molecular formula is C34H20O4P2. The molecule has 0 saturated heterocycles. The zero-order valence-electron chi connectivity index (χ0n) is 21.2. The maximum absolute atomic E-state index is 6.68. The Hall–Kier alpha value is -4.36. The zero-order chi connectivity index (χ0) is 25.9. The molecule has 2 aliphatic heterocycles. The summed E-state index contributed by atoms with van der Waals surface area (Å²) in [5.41, 5.74) is 3.66. The lowest BCUT2D eigenvalue weighted by atomic mass is 10.1. The number of hydrogen-bond donors (Lipinski definition) is 0. The molecule has 0 saturated carbocycles. The minimum atomic E-state index is -0.813. The summed E-state index contributed by atoms with van der Waals surface area (Å²) in [5, 5.41) is 9.90. The normalized spacial score (nSPS) is 15.9. The van der Waals surface area contributed by atoms with Crippen molar-refractivity contribution in [2.75, 3.05) is 0 Å². The van der Waals surface area contributed by atoms with Crippen LogP contribution in [0.15, 0.2) is 112 Å². The zero-order valence-corrected chi connectivity index (χ0v) is 23.0. The van der Waals surface area contributed by atoms with E-state index in [1.807, 2.05) is 18.2 Å². The summed E-state index contributed by atoms with van der Waals surface area (Å²) in [6, 6.07) is 29.7. The molecule has 4 heterocycles. The topological polar surface area (TPSA) is 44.7 Å². The molecule has 6 heteroatoms. The molecule has 10 rings (SSSR count). The number of allylic oxidation sites excluding steroid dienone is 3. The van der Waals surface area contributed by atoms with Crippen LogP contribution in [0.5, 0.6) is 17.2 Å². The molecule has 1 aliphatic carbocycles. The molecule has 3 aliphatic rings. The van der Waals surface area contributed by atoms with E-state index in [1.165, 1.54) is 41.9 Å². The molecule has 5 aromatic carbocycles. The Kier molecular flexibility index (Phi) is 4.10. The van der Waals surface area contributed by atoms with Crippen molar-refractivity contribution in [1.82, 2.24) is 0 Å². The van der Waals surface area contributed by atoms with Gasteiger partial charge in [-0.15, -0.1) is 0 Å². The minimum Gasteiger partial charge on any atom is -0.456 e. The van der Waals surface area contributed by atoms with E-state index in [1.54, 1.807) is 0 Å². The third-order valence-corrected chi connectivity index (χ3v) is 13.6. The fraction of sp³-hybridized carbons (Fsp3) is 0.0588. The molecule has 0 amide bonds. The van der Waals surface area contributed by atoms with Gasteiger partial charge in [0.15, 0.2) is 0 Å². The van der Waals surface area contributed by atoms with Gasteiger partial charge in [-0.05, 0) is 78.9 Å². The molecule has 0 radical (unpaired) electrons. The van der Waals surface area contributed by atoms with Gasteiger partial charge in [0.05, 0.1) is 10.2 Å². The Labute approximate surface area is 230 Å². The predicted octanol–water partition coefficient (Wildman–Crippen LogP) is 11.7. The first-order chi connectivity index (χ1) is 19.8. The first-order valence-corrected chi connectivity index (χ1v) is 16.2. The van der Waals surface area contributed by atoms with Crippen molar-refractivity contribution in [3.63, 3.8) is 0 Å². The van der Waals surface area contributed by atoms with Crippen LogP contribution in [0.3, 0.4) is 0 Å². The summed E-state index contributed by atoms with van der Waals surface area (Å²) in [6.07, 6.45) is 6.41. The number of benzene rings is 5. The van der Waals surface area contributed by atoms with Gasteiger partial charge in [-0.3, -0.25) is 0 Å². The SMILES string of the molecule is C1=CC2=C(CC1)p1c3c(cccc3oc3ccc4cc5c(cc4c31)oc1cccc3c1p5-c1ccccc1O3)O2. The number of fused-ring (bicyclic) bond motifs is 9. The molecule has 190 valence electrons. The molecule has 7 aromatic rings. The van der Waals surface area contributed by atoms with Crippen LogP contribution >= 0.6 is 15.1 Å². The maximum Gasteiger partial charge on any atom is 0.142 e. The number of hydrogen-bond acceptors (Lipinski definition) is 4. The molecule has 2 unspecified atom stereocenters. The fourth-order valence-corrected chi connectivity index (χ4v) is 12.1. The molecule has 0 fully saturated rings. The highest BCUT2D eigenvalue weighted by Gasteiger charge is 2.28. The molecule has 4 nitrogen and oxygen atoms in total. The summed E-state index contributed by atoms with van der Waals surface area (Å²) >= 11 is 0. The van der Waals surface area contributed by atoms with Crippen LogP contribution in [-0.2, 0) is 0 Å². The standard InChI is InChI=1S/C34H20O4P2/c1-3-13-29-21(7-1)35-23-9-5-10-24-33(23)39(29)31-17-19-15-16-27-32(20(19)18-28(31)38-24)40-30-14-4-2-8-22(30)36-25-11-6-12-26(37-27)34(25)40/h1-3,5-13,15-18H,4,14H2. The highest BCUT2D eigenvalue weighted by Crippen LogP contribution is 2.64. The van der Waals surface area contributed by atoms with Gasteiger partial charge in [-0.2, -0.15) is 0 Å². The van der Waals surface area contributed by atoms with Crippen LogP contribution in [-0.4, -0.2) is 0 Å². The number of para-hydroxylation sites is 1. The monoisotopic (exact) mass is 554 g/mol. The molecule has 2 atom stereocenters. The molecule has 0 N–H and O–H groups in total. The van der Waals surface area contributed by atoms with E-state index in [0.717, 1.165) is 58.2 Å². The van der Waals surface area contributed by atoms with Gasteiger partial charge in [0, 0.05) is 26.2 Å². The molecule has 40 heavy (non-hydrogen) atoms. The van der Waals surface area contributed by atoms with Gasteiger partial charge < -0.3 is 18.3 Å². The first-order valence-electron chi connectivity index (χ1n) is 13.5. The van der Waals surface area contributed by atoms with Crippen molar-refractivity contribution in [2.24, 2.45) is 0 Å². The lowest BCUT2D eigenvalue weighted by molar-refractivity contribution is 0.448. The van der Waals surface area contributed by atoms with Crippen molar-refractivity contribution < 1.29 is 18.3 Å². The van der Waals surface area contributed by atoms with Gasteiger partial charge in [-0.25, -0.2) is 0 Å². The summed E-state index contributed by atoms with van der Waals surface area (Å²) in [5.74, 6) is 3.75. The van der Waals surface area contributed by atoms with Crippen molar-refractivity contribution in [1.29, 1.82) is 0 Å². The van der Waals surface area contributed by atoms with Crippen molar-refractivity contribution in [2.45, 2.75) is 12.8 Å². The van der Waals surface area contributed by atoms with Gasteiger partial charge in [0.2, 0.25) is 0 Å². The van der Waals surface area contributed by atoms with Gasteiger partial charge in [0.25, 0.3) is 0 Å². The Morgan fingerprint density at radius 2 is 1.35 bits per heavy atom. The van der Waals surface area contributed by atoms with Crippen LogP contribution in [0, 0.1) is 0 Å². The van der Waals surface area contributed by atoms with E-state index < -0.39 is 15.1 Å². The molecular weight excluding hydrogens is 534 g/mol. The van der Waals surface area contributed by atoms with E-state index >= 15 is 0 Å². The largest absolute Gasteiger partial charge is 0.456 e. The van der Waals surface area contributed by atoms with Crippen LogP contribution in [0.4, 0.5) is 0 Å². The van der Waals surface area contributed by atoms with Crippen molar-refractivity contribution >= 4 is 74.0 Å². The lowest BCUT2D eigenvalue weighted by Crippen LogP contribution is -2.03. The van der Waals surface area contributed by atoms with Crippen molar-refractivity contribution in [3.05, 3.63) is 103 Å². The second-order valence-corrected chi connectivity index (χ2v) is 14.6. The third kappa shape index (κ3) is 2.73. The van der Waals surface area contributed by atoms with E-state index in [2.05, 4.69) is 78.9 Å². The maximum atomic E-state index is 6.68. The number of rotatable bonds is 0. The van der Waals surface area contributed by atoms with Gasteiger partial charge >= 0.3 is 0 Å². The summed E-state index contributed by atoms with van der Waals surface area (Å²) in [4.78, 5) is 0. The lowest BCUT2D eigenvalue weighted by Gasteiger charge is -2.26. The summed E-state index contributed by atoms with van der Waals surface area (Å²) in [6.45, 7) is 0. The Morgan fingerprint density at radius 3 is 2.25 bits per heavy atom. The molecule has 0 bridgehead atoms. The summed E-state index contributed by atoms with van der Waals surface area (Å²) in [7, 11) is -1.61. The Morgan fingerprint density at radius 1 is 0.600 bits per heavy atom. The van der Waals surface area contributed by atoms with Crippen LogP contribution in [0.2, 0.25) is 0 Å². The van der Waals surface area contributed by atoms with Crippen LogP contribution in [0.25, 0.3) is 64.2 Å². The second-order valence-electron chi connectivity index (χ2n) is 10.5. The van der Waals surface area contributed by atoms with Crippen LogP contribution in [0.1, 0.15) is 12.8 Å². The second kappa shape index (κ2) is 7.64. The predicted molar refractivity (Wildman–Crippen MR) is 165 cm³/mol.